The molecule has 0 aromatic carbocycles. The van der Waals surface area contributed by atoms with E-state index in [1.807, 2.05) is 28.3 Å². The molecule has 2 saturated heterocycles. The molecule has 0 radical (unpaired) electrons. The Morgan fingerprint density at radius 1 is 1.32 bits per heavy atom. The van der Waals surface area contributed by atoms with E-state index in [9.17, 15) is 9.90 Å². The Bertz CT molecular complexity index is 715. The third-order valence-electron chi connectivity index (χ3n) is 6.33. The maximum atomic E-state index is 13.3. The number of carbonyl (C=O) groups is 1. The molecule has 0 aliphatic carbocycles. The van der Waals surface area contributed by atoms with Crippen molar-refractivity contribution in [2.24, 2.45) is 0 Å². The van der Waals surface area contributed by atoms with Gasteiger partial charge in [-0.1, -0.05) is 6.07 Å². The number of carbonyl (C=O) groups excluding carboxylic acids is 1. The third-order valence-corrected chi connectivity index (χ3v) is 7.99. The zero-order chi connectivity index (χ0) is 17.7. The molecule has 4 heterocycles. The number of esters is 1. The largest absolute Gasteiger partial charge is 0.407 e. The minimum absolute atomic E-state index is 0.513. The van der Waals surface area contributed by atoms with Gasteiger partial charge in [-0.05, 0) is 41.1 Å². The number of fused-ring (bicyclic) bond motifs is 2. The normalized spacial score (nSPS) is 30.0. The van der Waals surface area contributed by atoms with Gasteiger partial charge < -0.3 is 9.84 Å². The number of rotatable bonds is 4. The predicted octanol–water partition coefficient (Wildman–Crippen LogP) is 3.71. The Morgan fingerprint density at radius 3 is 2.84 bits per heavy atom. The van der Waals surface area contributed by atoms with Crippen LogP contribution in [0.3, 0.4) is 0 Å². The highest BCUT2D eigenvalue weighted by Crippen LogP contribution is 2.50. The summed E-state index contributed by atoms with van der Waals surface area (Å²) in [5.41, 5.74) is -1.64. The van der Waals surface area contributed by atoms with E-state index >= 15 is 0 Å². The van der Waals surface area contributed by atoms with E-state index in [1.54, 1.807) is 6.07 Å². The van der Waals surface area contributed by atoms with E-state index < -0.39 is 17.3 Å². The highest BCUT2D eigenvalue weighted by Gasteiger charge is 2.62. The molecular weight excluding hydrogens is 354 g/mol. The molecule has 25 heavy (non-hydrogen) atoms. The van der Waals surface area contributed by atoms with E-state index in [4.69, 9.17) is 4.74 Å². The van der Waals surface area contributed by atoms with Gasteiger partial charge in [-0.25, -0.2) is 4.79 Å². The predicted molar refractivity (Wildman–Crippen MR) is 99.4 cm³/mol. The lowest BCUT2D eigenvalue weighted by Crippen LogP contribution is -2.64. The molecular formula is C19H24NO3S2+. The number of quaternary nitrogens is 1. The van der Waals surface area contributed by atoms with E-state index in [-0.39, 0.29) is 0 Å². The summed E-state index contributed by atoms with van der Waals surface area (Å²) in [5.74, 6) is -0.540. The molecule has 2 aliphatic heterocycles. The van der Waals surface area contributed by atoms with Crippen LogP contribution < -0.4 is 0 Å². The van der Waals surface area contributed by atoms with Crippen LogP contribution in [-0.4, -0.2) is 41.4 Å². The van der Waals surface area contributed by atoms with Gasteiger partial charge in [0.2, 0.25) is 11.3 Å². The van der Waals surface area contributed by atoms with Crippen LogP contribution in [0.15, 0.2) is 34.3 Å². The third kappa shape index (κ3) is 2.42. The second-order valence-electron chi connectivity index (χ2n) is 7.66. The molecule has 1 N–H and O–H groups in total. The minimum atomic E-state index is -1.72. The van der Waals surface area contributed by atoms with Crippen LogP contribution in [0, 0.1) is 0 Å². The molecule has 4 nitrogen and oxygen atoms in total. The Morgan fingerprint density at radius 2 is 2.16 bits per heavy atom. The second kappa shape index (κ2) is 5.91. The maximum Gasteiger partial charge on any atom is 0.353 e. The molecule has 6 heteroatoms. The van der Waals surface area contributed by atoms with Crippen molar-refractivity contribution >= 4 is 28.6 Å². The molecule has 2 bridgehead atoms. The van der Waals surface area contributed by atoms with Gasteiger partial charge in [0, 0.05) is 24.8 Å². The summed E-state index contributed by atoms with van der Waals surface area (Å²) < 4.78 is 6.90. The van der Waals surface area contributed by atoms with Gasteiger partial charge in [-0.2, -0.15) is 11.3 Å². The van der Waals surface area contributed by atoms with Gasteiger partial charge >= 0.3 is 5.97 Å². The standard InChI is InChI=1S/C19H24NO3S2/c1-20(2)15-5-3-9-18(20,10-7-15)23-17(21)19(22,14-8-12-24-13-14)16-6-4-11-25-16/h4,6,8,11-13,15,22H,3,5,7,9-10H2,1-2H3/q+1. The number of ether oxygens (including phenoxy) is 1. The van der Waals surface area contributed by atoms with Crippen LogP contribution in [0.1, 0.15) is 42.5 Å². The number of piperidine rings is 1. The molecule has 3 atom stereocenters. The molecule has 2 aromatic heterocycles. The molecule has 0 amide bonds. The van der Waals surface area contributed by atoms with Crippen molar-refractivity contribution in [2.45, 2.75) is 49.5 Å². The topological polar surface area (TPSA) is 46.5 Å². The zero-order valence-electron chi connectivity index (χ0n) is 14.6. The average Bonchev–Trinajstić information content (AvgIpc) is 3.29. The first-order chi connectivity index (χ1) is 11.9. The van der Waals surface area contributed by atoms with Gasteiger partial charge in [0.15, 0.2) is 0 Å². The number of thiophene rings is 2. The minimum Gasteiger partial charge on any atom is -0.407 e. The quantitative estimate of drug-likeness (QED) is 0.652. The summed E-state index contributed by atoms with van der Waals surface area (Å²) in [4.78, 5) is 13.9. The summed E-state index contributed by atoms with van der Waals surface area (Å²) in [6, 6.07) is 6.01. The van der Waals surface area contributed by atoms with Gasteiger partial charge in [-0.3, -0.25) is 4.48 Å². The van der Waals surface area contributed by atoms with Crippen molar-refractivity contribution in [2.75, 3.05) is 14.1 Å². The molecule has 4 rings (SSSR count). The van der Waals surface area contributed by atoms with E-state index in [2.05, 4.69) is 14.1 Å². The van der Waals surface area contributed by atoms with Crippen molar-refractivity contribution in [3.63, 3.8) is 0 Å². The Balaban J connectivity index is 1.71. The average molecular weight is 379 g/mol. The fraction of sp³-hybridized carbons (Fsp3) is 0.526. The van der Waals surface area contributed by atoms with Crippen molar-refractivity contribution in [1.29, 1.82) is 0 Å². The van der Waals surface area contributed by atoms with Gasteiger partial charge in [0.1, 0.15) is 0 Å². The smallest absolute Gasteiger partial charge is 0.353 e. The van der Waals surface area contributed by atoms with Crippen molar-refractivity contribution in [3.8, 4) is 0 Å². The summed E-state index contributed by atoms with van der Waals surface area (Å²) in [5, 5.41) is 17.1. The molecule has 2 aromatic rings. The van der Waals surface area contributed by atoms with Crippen LogP contribution in [-0.2, 0) is 15.1 Å². The summed E-state index contributed by atoms with van der Waals surface area (Å²) >= 11 is 2.86. The first kappa shape index (κ1) is 17.2. The molecule has 3 unspecified atom stereocenters. The van der Waals surface area contributed by atoms with Gasteiger partial charge in [-0.15, -0.1) is 11.3 Å². The maximum absolute atomic E-state index is 13.3. The number of nitrogens with zero attached hydrogens (tertiary/aromatic N) is 1. The fourth-order valence-corrected chi connectivity index (χ4v) is 6.14. The van der Waals surface area contributed by atoms with E-state index in [0.29, 0.717) is 21.0 Å². The second-order valence-corrected chi connectivity index (χ2v) is 9.39. The first-order valence-corrected chi connectivity index (χ1v) is 10.6. The molecule has 134 valence electrons. The first-order valence-electron chi connectivity index (χ1n) is 8.76. The van der Waals surface area contributed by atoms with Crippen LogP contribution in [0.2, 0.25) is 0 Å². The Hall–Kier alpha value is -1.21. The van der Waals surface area contributed by atoms with Crippen molar-refractivity contribution in [3.05, 3.63) is 44.8 Å². The lowest BCUT2D eigenvalue weighted by molar-refractivity contribution is -0.977. The monoisotopic (exact) mass is 378 g/mol. The molecule has 0 saturated carbocycles. The number of aliphatic hydroxyl groups is 1. The Kier molecular flexibility index (Phi) is 4.07. The summed E-state index contributed by atoms with van der Waals surface area (Å²) in [6.07, 6.45) is 5.09. The molecule has 2 aliphatic rings. The molecule has 2 fully saturated rings. The van der Waals surface area contributed by atoms with Crippen LogP contribution in [0.25, 0.3) is 0 Å². The van der Waals surface area contributed by atoms with Crippen LogP contribution in [0.5, 0.6) is 0 Å². The molecule has 0 spiro atoms. The lowest BCUT2D eigenvalue weighted by Gasteiger charge is -2.49. The summed E-state index contributed by atoms with van der Waals surface area (Å²) in [6.45, 7) is 0. The van der Waals surface area contributed by atoms with E-state index in [1.165, 1.54) is 29.1 Å². The van der Waals surface area contributed by atoms with Crippen LogP contribution >= 0.6 is 22.7 Å². The zero-order valence-corrected chi connectivity index (χ0v) is 16.2. The lowest BCUT2D eigenvalue weighted by atomic mass is 9.93. The van der Waals surface area contributed by atoms with Crippen molar-refractivity contribution < 1.29 is 19.1 Å². The highest BCUT2D eigenvalue weighted by atomic mass is 32.1. The number of hydrogen-bond acceptors (Lipinski definition) is 5. The van der Waals surface area contributed by atoms with Gasteiger partial charge in [0.05, 0.1) is 25.0 Å². The summed E-state index contributed by atoms with van der Waals surface area (Å²) in [7, 11) is 4.33. The van der Waals surface area contributed by atoms with Crippen LogP contribution in [0.4, 0.5) is 0 Å². The van der Waals surface area contributed by atoms with Crippen molar-refractivity contribution in [1.82, 2.24) is 0 Å². The Labute approximate surface area is 156 Å². The van der Waals surface area contributed by atoms with E-state index in [0.717, 1.165) is 25.7 Å². The highest BCUT2D eigenvalue weighted by molar-refractivity contribution is 7.10. The van der Waals surface area contributed by atoms with Gasteiger partial charge in [0.25, 0.3) is 0 Å². The fourth-order valence-electron chi connectivity index (χ4n) is 4.61. The number of hydrogen-bond donors (Lipinski definition) is 1. The SMILES string of the molecule is C[N+]1(C)C2CCCC1(OC(=O)C(O)(c1ccsc1)c1cccs1)CC2.